The van der Waals surface area contributed by atoms with Crippen molar-refractivity contribution in [2.75, 3.05) is 0 Å². The van der Waals surface area contributed by atoms with E-state index in [2.05, 4.69) is 5.32 Å². The Morgan fingerprint density at radius 1 is 1.47 bits per heavy atom. The second-order valence-corrected chi connectivity index (χ2v) is 4.37. The Hall–Kier alpha value is -1.10. The first-order valence-corrected chi connectivity index (χ1v) is 5.24. The normalized spacial score (nSPS) is 20.9. The van der Waals surface area contributed by atoms with Gasteiger partial charge in [0.2, 0.25) is 5.91 Å². The van der Waals surface area contributed by atoms with Gasteiger partial charge in [0.1, 0.15) is 6.04 Å². The number of aliphatic carboxylic acids is 1. The van der Waals surface area contributed by atoms with E-state index in [0.29, 0.717) is 0 Å². The van der Waals surface area contributed by atoms with Crippen LogP contribution in [0.1, 0.15) is 39.0 Å². The summed E-state index contributed by atoms with van der Waals surface area (Å²) >= 11 is 0. The predicted molar refractivity (Wildman–Crippen MR) is 55.2 cm³/mol. The molecule has 5 nitrogen and oxygen atoms in total. The molecule has 86 valence electrons. The van der Waals surface area contributed by atoms with E-state index in [1.165, 1.54) is 6.92 Å². The molecule has 0 heterocycles. The van der Waals surface area contributed by atoms with E-state index in [1.54, 1.807) is 0 Å². The Balaban J connectivity index is 2.38. The molecule has 0 aliphatic heterocycles. The first kappa shape index (κ1) is 12.0. The van der Waals surface area contributed by atoms with E-state index >= 15 is 0 Å². The number of hydrogen-bond donors (Lipinski definition) is 3. The molecule has 1 aliphatic carbocycles. The van der Waals surface area contributed by atoms with Crippen LogP contribution in [0.5, 0.6) is 0 Å². The van der Waals surface area contributed by atoms with Gasteiger partial charge in [-0.2, -0.15) is 0 Å². The molecule has 1 rings (SSSR count). The Morgan fingerprint density at radius 2 is 2.00 bits per heavy atom. The van der Waals surface area contributed by atoms with E-state index in [9.17, 15) is 9.59 Å². The van der Waals surface area contributed by atoms with Gasteiger partial charge in [-0.25, -0.2) is 0 Å². The SMILES string of the molecule is CC(NC(=O)CC1(N)CCCC1)C(=O)O. The van der Waals surface area contributed by atoms with Gasteiger partial charge in [-0.15, -0.1) is 0 Å². The van der Waals surface area contributed by atoms with Gasteiger partial charge in [-0.3, -0.25) is 9.59 Å². The van der Waals surface area contributed by atoms with Gasteiger partial charge in [0.05, 0.1) is 0 Å². The maximum Gasteiger partial charge on any atom is 0.325 e. The van der Waals surface area contributed by atoms with Crippen molar-refractivity contribution < 1.29 is 14.7 Å². The second kappa shape index (κ2) is 4.61. The van der Waals surface area contributed by atoms with Crippen molar-refractivity contribution in [3.8, 4) is 0 Å². The van der Waals surface area contributed by atoms with Gasteiger partial charge in [-0.05, 0) is 19.8 Å². The minimum atomic E-state index is -1.03. The third-order valence-corrected chi connectivity index (χ3v) is 2.86. The number of amides is 1. The van der Waals surface area contributed by atoms with Crippen molar-refractivity contribution in [1.82, 2.24) is 5.32 Å². The molecule has 4 N–H and O–H groups in total. The minimum Gasteiger partial charge on any atom is -0.480 e. The van der Waals surface area contributed by atoms with Gasteiger partial charge in [0.25, 0.3) is 0 Å². The van der Waals surface area contributed by atoms with Crippen molar-refractivity contribution in [2.45, 2.75) is 50.6 Å². The summed E-state index contributed by atoms with van der Waals surface area (Å²) < 4.78 is 0. The molecule has 1 unspecified atom stereocenters. The number of nitrogens with two attached hydrogens (primary N) is 1. The average Bonchev–Trinajstić information content (AvgIpc) is 2.50. The van der Waals surface area contributed by atoms with Gasteiger partial charge < -0.3 is 16.2 Å². The maximum absolute atomic E-state index is 11.5. The van der Waals surface area contributed by atoms with Crippen LogP contribution in [-0.4, -0.2) is 28.6 Å². The highest BCUT2D eigenvalue weighted by Gasteiger charge is 2.32. The molecule has 1 fully saturated rings. The first-order chi connectivity index (χ1) is 6.93. The predicted octanol–water partition coefficient (Wildman–Crippen LogP) is 0.237. The Kier molecular flexibility index (Phi) is 3.68. The summed E-state index contributed by atoms with van der Waals surface area (Å²) in [5.74, 6) is -1.30. The van der Waals surface area contributed by atoms with Crippen LogP contribution in [0.4, 0.5) is 0 Å². The van der Waals surface area contributed by atoms with Crippen LogP contribution in [0.25, 0.3) is 0 Å². The van der Waals surface area contributed by atoms with Crippen molar-refractivity contribution in [2.24, 2.45) is 5.73 Å². The van der Waals surface area contributed by atoms with Crippen LogP contribution in [0, 0.1) is 0 Å². The van der Waals surface area contributed by atoms with Crippen LogP contribution in [0.15, 0.2) is 0 Å². The minimum absolute atomic E-state index is 0.227. The molecule has 0 aromatic rings. The highest BCUT2D eigenvalue weighted by atomic mass is 16.4. The lowest BCUT2D eigenvalue weighted by Gasteiger charge is -2.23. The van der Waals surface area contributed by atoms with Crippen LogP contribution in [0.2, 0.25) is 0 Å². The van der Waals surface area contributed by atoms with Crippen molar-refractivity contribution >= 4 is 11.9 Å². The molecule has 15 heavy (non-hydrogen) atoms. The molecular weight excluding hydrogens is 196 g/mol. The molecule has 1 aliphatic rings. The molecule has 5 heteroatoms. The van der Waals surface area contributed by atoms with Crippen LogP contribution < -0.4 is 11.1 Å². The molecule has 1 saturated carbocycles. The molecule has 1 atom stereocenters. The molecule has 0 spiro atoms. The van der Waals surface area contributed by atoms with Crippen LogP contribution >= 0.6 is 0 Å². The average molecular weight is 214 g/mol. The summed E-state index contributed by atoms with van der Waals surface area (Å²) in [6.07, 6.45) is 4.03. The summed E-state index contributed by atoms with van der Waals surface area (Å²) in [6.45, 7) is 1.44. The molecular formula is C10H18N2O3. The number of hydrogen-bond acceptors (Lipinski definition) is 3. The zero-order chi connectivity index (χ0) is 11.5. The van der Waals surface area contributed by atoms with Gasteiger partial charge in [0, 0.05) is 12.0 Å². The van der Waals surface area contributed by atoms with Crippen molar-refractivity contribution in [3.63, 3.8) is 0 Å². The molecule has 0 aromatic heterocycles. The summed E-state index contributed by atoms with van der Waals surface area (Å²) in [5.41, 5.74) is 5.59. The van der Waals surface area contributed by atoms with Gasteiger partial charge in [0.15, 0.2) is 0 Å². The number of carbonyl (C=O) groups excluding carboxylic acids is 1. The van der Waals surface area contributed by atoms with E-state index < -0.39 is 17.6 Å². The Labute approximate surface area is 89.0 Å². The third kappa shape index (κ3) is 3.51. The number of carboxylic acid groups (broad SMARTS) is 1. The topological polar surface area (TPSA) is 92.4 Å². The number of nitrogens with one attached hydrogen (secondary N) is 1. The molecule has 0 radical (unpaired) electrons. The maximum atomic E-state index is 11.5. The summed E-state index contributed by atoms with van der Waals surface area (Å²) in [4.78, 5) is 22.0. The number of carboxylic acids is 1. The molecule has 1 amide bonds. The second-order valence-electron chi connectivity index (χ2n) is 4.37. The third-order valence-electron chi connectivity index (χ3n) is 2.86. The van der Waals surface area contributed by atoms with E-state index in [0.717, 1.165) is 25.7 Å². The zero-order valence-corrected chi connectivity index (χ0v) is 8.95. The fourth-order valence-electron chi connectivity index (χ4n) is 1.93. The highest BCUT2D eigenvalue weighted by Crippen LogP contribution is 2.29. The first-order valence-electron chi connectivity index (χ1n) is 5.24. The van der Waals surface area contributed by atoms with Crippen LogP contribution in [0.3, 0.4) is 0 Å². The summed E-state index contributed by atoms with van der Waals surface area (Å²) in [7, 11) is 0. The van der Waals surface area contributed by atoms with Crippen LogP contribution in [-0.2, 0) is 9.59 Å². The molecule has 0 saturated heterocycles. The lowest BCUT2D eigenvalue weighted by molar-refractivity contribution is -0.141. The molecule has 0 bridgehead atoms. The number of carbonyl (C=O) groups is 2. The van der Waals surface area contributed by atoms with Crippen molar-refractivity contribution in [3.05, 3.63) is 0 Å². The Bertz CT molecular complexity index is 259. The summed E-state index contributed by atoms with van der Waals surface area (Å²) in [5, 5.41) is 11.0. The Morgan fingerprint density at radius 3 is 2.47 bits per heavy atom. The molecule has 0 aromatic carbocycles. The fourth-order valence-corrected chi connectivity index (χ4v) is 1.93. The number of rotatable bonds is 4. The fraction of sp³-hybridized carbons (Fsp3) is 0.800. The van der Waals surface area contributed by atoms with E-state index in [-0.39, 0.29) is 12.3 Å². The highest BCUT2D eigenvalue weighted by molar-refractivity contribution is 5.83. The smallest absolute Gasteiger partial charge is 0.325 e. The van der Waals surface area contributed by atoms with E-state index in [1.807, 2.05) is 0 Å². The lowest BCUT2D eigenvalue weighted by atomic mass is 9.94. The zero-order valence-electron chi connectivity index (χ0n) is 8.95. The largest absolute Gasteiger partial charge is 0.480 e. The monoisotopic (exact) mass is 214 g/mol. The lowest BCUT2D eigenvalue weighted by Crippen LogP contribution is -2.45. The van der Waals surface area contributed by atoms with Gasteiger partial charge >= 0.3 is 5.97 Å². The standard InChI is InChI=1S/C10H18N2O3/c1-7(9(14)15)12-8(13)6-10(11)4-2-3-5-10/h7H,2-6,11H2,1H3,(H,12,13)(H,14,15). The van der Waals surface area contributed by atoms with Gasteiger partial charge in [-0.1, -0.05) is 12.8 Å². The quantitative estimate of drug-likeness (QED) is 0.625. The van der Waals surface area contributed by atoms with Crippen molar-refractivity contribution in [1.29, 1.82) is 0 Å². The van der Waals surface area contributed by atoms with E-state index in [4.69, 9.17) is 10.8 Å². The summed E-state index contributed by atoms with van der Waals surface area (Å²) in [6, 6.07) is -0.845.